The molecule has 0 atom stereocenters. The summed E-state index contributed by atoms with van der Waals surface area (Å²) in [4.78, 5) is 0. The summed E-state index contributed by atoms with van der Waals surface area (Å²) in [6.45, 7) is 0. The predicted octanol–water partition coefficient (Wildman–Crippen LogP) is 9.80. The van der Waals surface area contributed by atoms with Crippen LogP contribution in [0.1, 0.15) is 0 Å². The van der Waals surface area contributed by atoms with Crippen LogP contribution in [0, 0.1) is 0 Å². The van der Waals surface area contributed by atoms with Crippen molar-refractivity contribution in [1.82, 2.24) is 0 Å². The first kappa shape index (κ1) is 19.3. The van der Waals surface area contributed by atoms with Crippen molar-refractivity contribution in [3.63, 3.8) is 0 Å². The Morgan fingerprint density at radius 1 is 0.412 bits per heavy atom. The highest BCUT2D eigenvalue weighted by Gasteiger charge is 2.20. The van der Waals surface area contributed by atoms with Crippen molar-refractivity contribution in [2.24, 2.45) is 0 Å². The molecule has 0 N–H and O–H groups in total. The summed E-state index contributed by atoms with van der Waals surface area (Å²) in [6, 6.07) is 42.9. The maximum Gasteiger partial charge on any atom is 0.143 e. The molecule has 2 heterocycles. The van der Waals surface area contributed by atoms with E-state index >= 15 is 0 Å². The van der Waals surface area contributed by atoms with Crippen LogP contribution in [-0.4, -0.2) is 0 Å². The molecule has 0 amide bonds. The van der Waals surface area contributed by atoms with Gasteiger partial charge >= 0.3 is 0 Å². The number of rotatable bonds is 3. The first-order valence-electron chi connectivity index (χ1n) is 11.4. The molecule has 0 radical (unpaired) electrons. The molecule has 0 bridgehead atoms. The lowest BCUT2D eigenvalue weighted by atomic mass is 9.94. The minimum absolute atomic E-state index is 0.918. The van der Waals surface area contributed by atoms with Crippen LogP contribution in [0.4, 0.5) is 0 Å². The standard InChI is InChI=1S/C32H20OS/c1-3-11-21(12-4-1)26-19-27-23-15-9-10-18-29(23)34-30(27)20-28(26)32-25-17-8-7-16-24(25)31(33-32)22-13-5-2-6-14-22/h1-20H. The highest BCUT2D eigenvalue weighted by atomic mass is 32.1. The van der Waals surface area contributed by atoms with Gasteiger partial charge in [-0.25, -0.2) is 0 Å². The molecule has 1 nitrogen and oxygen atoms in total. The average molecular weight is 453 g/mol. The Kier molecular flexibility index (Phi) is 4.39. The molecule has 0 spiro atoms. The summed E-state index contributed by atoms with van der Waals surface area (Å²) in [5, 5.41) is 4.88. The Bertz CT molecular complexity index is 1790. The number of fused-ring (bicyclic) bond motifs is 4. The van der Waals surface area contributed by atoms with E-state index in [9.17, 15) is 0 Å². The third kappa shape index (κ3) is 3.00. The van der Waals surface area contributed by atoms with Gasteiger partial charge in [-0.05, 0) is 29.3 Å². The SMILES string of the molecule is c1ccc(-c2cc3c(cc2-c2oc(-c4ccccc4)c4ccccc24)sc2ccccc23)cc1. The molecule has 5 aromatic carbocycles. The lowest BCUT2D eigenvalue weighted by Gasteiger charge is -2.10. The third-order valence-corrected chi connectivity index (χ3v) is 7.64. The van der Waals surface area contributed by atoms with Crippen LogP contribution in [0.3, 0.4) is 0 Å². The maximum atomic E-state index is 6.73. The van der Waals surface area contributed by atoms with E-state index in [0.717, 1.165) is 33.4 Å². The Morgan fingerprint density at radius 2 is 1.00 bits per heavy atom. The maximum absolute atomic E-state index is 6.73. The van der Waals surface area contributed by atoms with Crippen molar-refractivity contribution >= 4 is 42.3 Å². The summed E-state index contributed by atoms with van der Waals surface area (Å²) in [5.74, 6) is 1.84. The Morgan fingerprint density at radius 3 is 1.74 bits per heavy atom. The van der Waals surface area contributed by atoms with E-state index in [0.29, 0.717) is 0 Å². The van der Waals surface area contributed by atoms with Gasteiger partial charge in [-0.3, -0.25) is 0 Å². The zero-order valence-electron chi connectivity index (χ0n) is 18.4. The van der Waals surface area contributed by atoms with Gasteiger partial charge < -0.3 is 4.42 Å². The number of hydrogen-bond acceptors (Lipinski definition) is 2. The van der Waals surface area contributed by atoms with E-state index in [1.807, 2.05) is 17.4 Å². The number of furan rings is 1. The minimum Gasteiger partial charge on any atom is -0.455 e. The molecule has 160 valence electrons. The molecule has 7 aromatic rings. The van der Waals surface area contributed by atoms with Gasteiger partial charge in [0.2, 0.25) is 0 Å². The first-order valence-corrected chi connectivity index (χ1v) is 12.3. The van der Waals surface area contributed by atoms with Crippen molar-refractivity contribution in [2.75, 3.05) is 0 Å². The fourth-order valence-corrected chi connectivity index (χ4v) is 6.04. The van der Waals surface area contributed by atoms with Gasteiger partial charge in [0.05, 0.1) is 0 Å². The number of hydrogen-bond donors (Lipinski definition) is 0. The van der Waals surface area contributed by atoms with Crippen LogP contribution in [0.15, 0.2) is 126 Å². The van der Waals surface area contributed by atoms with Crippen LogP contribution >= 0.6 is 11.3 Å². The summed E-state index contributed by atoms with van der Waals surface area (Å²) < 4.78 is 9.31. The van der Waals surface area contributed by atoms with Gasteiger partial charge in [-0.1, -0.05) is 103 Å². The second kappa shape index (κ2) is 7.72. The van der Waals surface area contributed by atoms with Gasteiger partial charge in [0, 0.05) is 42.1 Å². The molecule has 0 aliphatic rings. The van der Waals surface area contributed by atoms with Crippen molar-refractivity contribution < 1.29 is 4.42 Å². The molecular weight excluding hydrogens is 432 g/mol. The van der Waals surface area contributed by atoms with Crippen LogP contribution < -0.4 is 0 Å². The lowest BCUT2D eigenvalue weighted by molar-refractivity contribution is 0.602. The molecular formula is C32H20OS. The first-order chi connectivity index (χ1) is 16.9. The number of thiophene rings is 1. The van der Waals surface area contributed by atoms with Crippen LogP contribution in [0.2, 0.25) is 0 Å². The minimum atomic E-state index is 0.918. The van der Waals surface area contributed by atoms with Crippen molar-refractivity contribution in [3.8, 4) is 33.8 Å². The van der Waals surface area contributed by atoms with Crippen LogP contribution in [-0.2, 0) is 0 Å². The number of benzene rings is 5. The smallest absolute Gasteiger partial charge is 0.143 e. The lowest BCUT2D eigenvalue weighted by Crippen LogP contribution is -1.85. The van der Waals surface area contributed by atoms with Crippen molar-refractivity contribution in [1.29, 1.82) is 0 Å². The normalized spacial score (nSPS) is 11.5. The second-order valence-electron chi connectivity index (χ2n) is 8.53. The molecule has 7 rings (SSSR count). The fraction of sp³-hybridized carbons (Fsp3) is 0. The predicted molar refractivity (Wildman–Crippen MR) is 145 cm³/mol. The van der Waals surface area contributed by atoms with Crippen LogP contribution in [0.5, 0.6) is 0 Å². The molecule has 0 aliphatic heterocycles. The quantitative estimate of drug-likeness (QED) is 0.260. The van der Waals surface area contributed by atoms with E-state index in [1.54, 1.807) is 0 Å². The van der Waals surface area contributed by atoms with Gasteiger partial charge in [-0.2, -0.15) is 0 Å². The second-order valence-corrected chi connectivity index (χ2v) is 9.61. The summed E-state index contributed by atoms with van der Waals surface area (Å²) in [5.41, 5.74) is 4.60. The average Bonchev–Trinajstić information content (AvgIpc) is 3.47. The van der Waals surface area contributed by atoms with E-state index in [2.05, 4.69) is 115 Å². The Hall–Kier alpha value is -4.14. The summed E-state index contributed by atoms with van der Waals surface area (Å²) >= 11 is 1.84. The van der Waals surface area contributed by atoms with E-state index < -0.39 is 0 Å². The highest BCUT2D eigenvalue weighted by Crippen LogP contribution is 2.46. The zero-order chi connectivity index (χ0) is 22.5. The third-order valence-electron chi connectivity index (χ3n) is 6.50. The molecule has 0 aliphatic carbocycles. The zero-order valence-corrected chi connectivity index (χ0v) is 19.2. The molecule has 0 fully saturated rings. The van der Waals surface area contributed by atoms with Crippen molar-refractivity contribution in [2.45, 2.75) is 0 Å². The van der Waals surface area contributed by atoms with E-state index in [-0.39, 0.29) is 0 Å². The topological polar surface area (TPSA) is 13.1 Å². The van der Waals surface area contributed by atoms with Crippen molar-refractivity contribution in [3.05, 3.63) is 121 Å². The molecule has 34 heavy (non-hydrogen) atoms. The molecule has 2 heteroatoms. The van der Waals surface area contributed by atoms with E-state index in [1.165, 1.54) is 31.3 Å². The Labute approximate surface area is 201 Å². The molecule has 2 aromatic heterocycles. The molecule has 0 unspecified atom stereocenters. The highest BCUT2D eigenvalue weighted by molar-refractivity contribution is 7.25. The fourth-order valence-electron chi connectivity index (χ4n) is 4.91. The van der Waals surface area contributed by atoms with Gasteiger partial charge in [0.25, 0.3) is 0 Å². The molecule has 0 saturated heterocycles. The van der Waals surface area contributed by atoms with E-state index in [4.69, 9.17) is 4.42 Å². The van der Waals surface area contributed by atoms with Gasteiger partial charge in [-0.15, -0.1) is 11.3 Å². The van der Waals surface area contributed by atoms with Gasteiger partial charge in [0.15, 0.2) is 0 Å². The van der Waals surface area contributed by atoms with Crippen LogP contribution in [0.25, 0.3) is 64.7 Å². The van der Waals surface area contributed by atoms with Gasteiger partial charge in [0.1, 0.15) is 11.5 Å². The monoisotopic (exact) mass is 452 g/mol. The summed E-state index contributed by atoms with van der Waals surface area (Å²) in [7, 11) is 0. The Balaban J connectivity index is 1.58. The largest absolute Gasteiger partial charge is 0.455 e. The molecule has 0 saturated carbocycles. The summed E-state index contributed by atoms with van der Waals surface area (Å²) in [6.07, 6.45) is 0.